The number of ether oxygens (including phenoxy) is 1. The van der Waals surface area contributed by atoms with E-state index in [0.717, 1.165) is 86.9 Å². The molecule has 0 spiro atoms. The zero-order valence-corrected chi connectivity index (χ0v) is 38.4. The summed E-state index contributed by atoms with van der Waals surface area (Å²) in [5.41, 5.74) is 4.82. The molecule has 0 bridgehead atoms. The van der Waals surface area contributed by atoms with Crippen molar-refractivity contribution in [3.8, 4) is 11.5 Å². The first-order chi connectivity index (χ1) is 31.7. The number of hydrogen-bond donors (Lipinski definition) is 4. The Morgan fingerprint density at radius 2 is 1.48 bits per heavy atom. The molecule has 5 rings (SSSR count). The molecule has 0 heterocycles. The van der Waals surface area contributed by atoms with Crippen LogP contribution in [-0.2, 0) is 29.2 Å². The van der Waals surface area contributed by atoms with Crippen molar-refractivity contribution < 1.29 is 33.1 Å². The molecule has 0 aliphatic heterocycles. The highest BCUT2D eigenvalue weighted by Crippen LogP contribution is 2.31. The zero-order chi connectivity index (χ0) is 47.2. The van der Waals surface area contributed by atoms with E-state index in [1.165, 1.54) is 10.5 Å². The van der Waals surface area contributed by atoms with Crippen molar-refractivity contribution in [1.29, 1.82) is 0 Å². The number of alkyl halides is 1. The molecule has 12 heteroatoms. The molecule has 5 aromatic carbocycles. The van der Waals surface area contributed by atoms with Crippen LogP contribution in [0, 0.1) is 0 Å². The number of aryl methyl sites for hydroxylation is 1. The van der Waals surface area contributed by atoms with Crippen molar-refractivity contribution in [3.63, 3.8) is 0 Å². The zero-order valence-electron chi connectivity index (χ0n) is 38.4. The van der Waals surface area contributed by atoms with Crippen molar-refractivity contribution in [2.45, 2.75) is 90.9 Å². The summed E-state index contributed by atoms with van der Waals surface area (Å²) in [5.74, 6) is 0.890. The SMILES string of the molecule is C=CNC.CCCC(C=O)N(C)C(=O)c1c(C=O)cccc1NCCCCCCCCNC=O.CCc1cccc(CNC(=O)c2ccc3c(Oc4ccc(CF)cc4)cccc3c2)c1. The minimum absolute atomic E-state index is 0.114. The minimum Gasteiger partial charge on any atom is -0.457 e. The average Bonchev–Trinajstić information content (AvgIpc) is 3.35. The topological polar surface area (TPSA) is 146 Å². The number of likely N-dealkylation sites (N-methyl/N-ethyl adjacent to an activating group) is 1. The highest BCUT2D eigenvalue weighted by Gasteiger charge is 2.24. The molecule has 0 aromatic heterocycles. The van der Waals surface area contributed by atoms with Crippen LogP contribution >= 0.6 is 0 Å². The second-order valence-corrected chi connectivity index (χ2v) is 15.3. The molecule has 1 atom stereocenters. The number of fused-ring (bicyclic) bond motifs is 1. The predicted molar refractivity (Wildman–Crippen MR) is 260 cm³/mol. The number of aldehydes is 2. The van der Waals surface area contributed by atoms with E-state index in [0.29, 0.717) is 65.2 Å². The first-order valence-electron chi connectivity index (χ1n) is 22.4. The molecular weight excluding hydrogens is 822 g/mol. The third-order valence-electron chi connectivity index (χ3n) is 10.6. The van der Waals surface area contributed by atoms with E-state index in [9.17, 15) is 28.4 Å². The molecule has 1 unspecified atom stereocenters. The maximum absolute atomic E-state index is 13.0. The monoisotopic (exact) mass is 887 g/mol. The fourth-order valence-electron chi connectivity index (χ4n) is 6.87. The molecular formula is C53H66FN5O6. The van der Waals surface area contributed by atoms with E-state index in [2.05, 4.69) is 46.9 Å². The van der Waals surface area contributed by atoms with E-state index in [-0.39, 0.29) is 11.8 Å². The van der Waals surface area contributed by atoms with Gasteiger partial charge in [0.25, 0.3) is 11.8 Å². The lowest BCUT2D eigenvalue weighted by Crippen LogP contribution is -2.38. The number of amides is 3. The van der Waals surface area contributed by atoms with Gasteiger partial charge in [-0.05, 0) is 96.4 Å². The Morgan fingerprint density at radius 3 is 2.12 bits per heavy atom. The number of nitrogens with zero attached hydrogens (tertiary/aromatic N) is 1. The maximum Gasteiger partial charge on any atom is 0.257 e. The molecule has 3 amide bonds. The quantitative estimate of drug-likeness (QED) is 0.0335. The third kappa shape index (κ3) is 17.7. The Hall–Kier alpha value is -6.82. The normalized spacial score (nSPS) is 10.7. The molecule has 11 nitrogen and oxygen atoms in total. The van der Waals surface area contributed by atoms with Crippen molar-refractivity contribution in [3.05, 3.63) is 149 Å². The number of anilines is 1. The summed E-state index contributed by atoms with van der Waals surface area (Å²) in [6.07, 6.45) is 12.5. The van der Waals surface area contributed by atoms with Gasteiger partial charge in [-0.25, -0.2) is 4.39 Å². The number of unbranched alkanes of at least 4 members (excludes halogenated alkanes) is 5. The molecule has 0 fully saturated rings. The lowest BCUT2D eigenvalue weighted by molar-refractivity contribution is -0.111. The third-order valence-corrected chi connectivity index (χ3v) is 10.6. The van der Waals surface area contributed by atoms with Crippen molar-refractivity contribution >= 4 is 47.3 Å². The molecule has 0 saturated heterocycles. The van der Waals surface area contributed by atoms with E-state index < -0.39 is 12.7 Å². The molecule has 5 aromatic rings. The minimum atomic E-state index is -0.503. The van der Waals surface area contributed by atoms with E-state index in [4.69, 9.17) is 4.74 Å². The number of carbonyl (C=O) groups is 5. The molecule has 65 heavy (non-hydrogen) atoms. The molecule has 0 aliphatic carbocycles. The van der Waals surface area contributed by atoms with Gasteiger partial charge in [0.05, 0.1) is 11.6 Å². The number of halogens is 1. The second-order valence-electron chi connectivity index (χ2n) is 15.3. The van der Waals surface area contributed by atoms with E-state index in [1.54, 1.807) is 61.8 Å². The van der Waals surface area contributed by atoms with Crippen LogP contribution in [0.3, 0.4) is 0 Å². The van der Waals surface area contributed by atoms with Crippen LogP contribution in [0.15, 0.2) is 116 Å². The number of rotatable bonds is 25. The molecule has 0 saturated carbocycles. The van der Waals surface area contributed by atoms with Gasteiger partial charge in [0.1, 0.15) is 24.5 Å². The van der Waals surface area contributed by atoms with Crippen LogP contribution in [0.25, 0.3) is 10.8 Å². The fourth-order valence-corrected chi connectivity index (χ4v) is 6.87. The van der Waals surface area contributed by atoms with Crippen LogP contribution in [-0.4, -0.2) is 68.9 Å². The standard InChI is InChI=1S/C27H24FNO2.C23H35N3O4.C3H7N/c1-2-19-5-3-6-21(15-19)18-29-27(30)23-11-14-25-22(16-23)7-4-8-26(25)31-24-12-9-20(17-28)10-13-24;1-3-11-20(17-28)26(2)23(30)22-19(16-27)12-10-13-21(22)25-15-9-7-5-4-6-8-14-24-18-29;1-3-4-2/h3-16H,2,17-18H2,1H3,(H,29,30);10,12-13,16-18,20,25H,3-9,11,14-15H2,1-2H3,(H,24,29);3-4H,1H2,2H3. The van der Waals surface area contributed by atoms with Crippen LogP contribution < -0.4 is 26.0 Å². The Balaban J connectivity index is 0.000000319. The smallest absolute Gasteiger partial charge is 0.257 e. The van der Waals surface area contributed by atoms with Gasteiger partial charge in [-0.3, -0.25) is 19.2 Å². The largest absolute Gasteiger partial charge is 0.457 e. The van der Waals surface area contributed by atoms with Gasteiger partial charge in [0.15, 0.2) is 6.29 Å². The van der Waals surface area contributed by atoms with Gasteiger partial charge in [0, 0.05) is 55.9 Å². The summed E-state index contributed by atoms with van der Waals surface area (Å²) in [6.45, 7) is 8.87. The highest BCUT2D eigenvalue weighted by atomic mass is 19.1. The molecule has 0 radical (unpaired) electrons. The molecule has 0 aliphatic rings. The summed E-state index contributed by atoms with van der Waals surface area (Å²) in [4.78, 5) is 60.2. The Labute approximate surface area is 384 Å². The predicted octanol–water partition coefficient (Wildman–Crippen LogP) is 10.4. The van der Waals surface area contributed by atoms with Crippen LogP contribution in [0.4, 0.5) is 10.1 Å². The Kier molecular flexibility index (Phi) is 24.5. The summed E-state index contributed by atoms with van der Waals surface area (Å²) in [6, 6.07) is 31.1. The van der Waals surface area contributed by atoms with Crippen molar-refractivity contribution in [2.75, 3.05) is 32.5 Å². The number of hydrogen-bond acceptors (Lipinski definition) is 8. The van der Waals surface area contributed by atoms with E-state index in [1.807, 2.05) is 56.4 Å². The number of carbonyl (C=O) groups excluding carboxylic acids is 5. The molecule has 346 valence electrons. The summed E-state index contributed by atoms with van der Waals surface area (Å²) >= 11 is 0. The highest BCUT2D eigenvalue weighted by molar-refractivity contribution is 6.06. The second kappa shape index (κ2) is 30.3. The van der Waals surface area contributed by atoms with Gasteiger partial charge in [-0.2, -0.15) is 0 Å². The summed E-state index contributed by atoms with van der Waals surface area (Å²) in [5, 5.41) is 13.5. The number of benzene rings is 5. The van der Waals surface area contributed by atoms with Gasteiger partial charge in [-0.1, -0.05) is 113 Å². The van der Waals surface area contributed by atoms with E-state index >= 15 is 0 Å². The van der Waals surface area contributed by atoms with Crippen LogP contribution in [0.5, 0.6) is 11.5 Å². The van der Waals surface area contributed by atoms with Crippen molar-refractivity contribution in [2.24, 2.45) is 0 Å². The summed E-state index contributed by atoms with van der Waals surface area (Å²) in [7, 11) is 3.42. The average molecular weight is 888 g/mol. The van der Waals surface area contributed by atoms with Gasteiger partial charge in [-0.15, -0.1) is 0 Å². The van der Waals surface area contributed by atoms with Gasteiger partial charge >= 0.3 is 0 Å². The Morgan fingerprint density at radius 1 is 0.800 bits per heavy atom. The first-order valence-corrected chi connectivity index (χ1v) is 22.4. The van der Waals surface area contributed by atoms with Gasteiger partial charge < -0.3 is 35.7 Å². The van der Waals surface area contributed by atoms with Gasteiger partial charge in [0.2, 0.25) is 6.41 Å². The van der Waals surface area contributed by atoms with Crippen LogP contribution in [0.1, 0.15) is 113 Å². The maximum atomic E-state index is 13.0. The molecule has 4 N–H and O–H groups in total. The number of nitrogens with one attached hydrogen (secondary N) is 4. The fraction of sp³-hybridized carbons (Fsp3) is 0.340. The van der Waals surface area contributed by atoms with Crippen molar-refractivity contribution in [1.82, 2.24) is 20.9 Å². The van der Waals surface area contributed by atoms with Crippen LogP contribution in [0.2, 0.25) is 0 Å². The first kappa shape index (κ1) is 52.5. The summed E-state index contributed by atoms with van der Waals surface area (Å²) < 4.78 is 18.7. The lowest BCUT2D eigenvalue weighted by Gasteiger charge is -2.25. The Bertz CT molecular complexity index is 2250. The lowest BCUT2D eigenvalue weighted by atomic mass is 10.0.